The zero-order chi connectivity index (χ0) is 82.1. The van der Waals surface area contributed by atoms with Gasteiger partial charge in [0, 0.05) is 54.7 Å². The minimum atomic E-state index is -1.61. The first-order chi connectivity index (χ1) is 49.5. The number of benzene rings is 1. The summed E-state index contributed by atoms with van der Waals surface area (Å²) in [4.78, 5) is 181. The van der Waals surface area contributed by atoms with Gasteiger partial charge in [-0.15, -0.1) is 0 Å². The van der Waals surface area contributed by atoms with Gasteiger partial charge in [0.05, 0.1) is 12.6 Å². The summed E-state index contributed by atoms with van der Waals surface area (Å²) < 4.78 is 0. The van der Waals surface area contributed by atoms with E-state index in [9.17, 15) is 53.1 Å². The fourth-order valence-electron chi connectivity index (χ4n) is 15.8. The maximum absolute atomic E-state index is 15.1. The van der Waals surface area contributed by atoms with E-state index in [2.05, 4.69) is 67.2 Å². The van der Waals surface area contributed by atoms with E-state index in [0.717, 1.165) is 35.5 Å². The predicted octanol–water partition coefficient (Wildman–Crippen LogP) is 7.57. The summed E-state index contributed by atoms with van der Waals surface area (Å²) in [5, 5.41) is 23.1. The Kier molecular flexibility index (Phi) is 35.8. The van der Waals surface area contributed by atoms with Gasteiger partial charge in [0.1, 0.15) is 60.4 Å². The highest BCUT2D eigenvalue weighted by atomic mass is 16.3. The third-order valence-electron chi connectivity index (χ3n) is 22.7. The summed E-state index contributed by atoms with van der Waals surface area (Å²) in [7, 11) is 9.92. The van der Waals surface area contributed by atoms with Crippen LogP contribution < -0.4 is 27.0 Å². The Morgan fingerprint density at radius 3 is 1.52 bits per heavy atom. The second kappa shape index (κ2) is 40.8. The molecule has 606 valence electrons. The van der Waals surface area contributed by atoms with Crippen LogP contribution >= 0.6 is 0 Å². The van der Waals surface area contributed by atoms with E-state index in [-0.39, 0.29) is 72.5 Å². The molecule has 1 aliphatic heterocycles. The van der Waals surface area contributed by atoms with E-state index in [1.807, 2.05) is 61.5 Å². The zero-order valence-corrected chi connectivity index (χ0v) is 70.5. The molecule has 1 saturated heterocycles. The molecular formula is C82H140N12O13. The van der Waals surface area contributed by atoms with Crippen molar-refractivity contribution in [3.05, 3.63) is 47.0 Å². The highest BCUT2D eigenvalue weighted by molar-refractivity contribution is 6.00. The number of primary amides is 1. The summed E-state index contributed by atoms with van der Waals surface area (Å²) >= 11 is 0. The Bertz CT molecular complexity index is 3280. The number of likely N-dealkylation sites (N-methyl/N-ethyl adjacent to an activating group) is 7. The number of nitrogens with one attached hydrogen (secondary N) is 4. The smallest absolute Gasteiger partial charge is 0.246 e. The Morgan fingerprint density at radius 2 is 1.04 bits per heavy atom. The zero-order valence-electron chi connectivity index (χ0n) is 70.5. The van der Waals surface area contributed by atoms with Gasteiger partial charge < -0.3 is 66.4 Å². The summed E-state index contributed by atoms with van der Waals surface area (Å²) in [6.45, 7) is 38.3. The van der Waals surface area contributed by atoms with E-state index in [1.165, 1.54) is 111 Å². The van der Waals surface area contributed by atoms with E-state index in [4.69, 9.17) is 5.73 Å². The normalized spacial score (nSPS) is 28.4. The van der Waals surface area contributed by atoms with Crippen LogP contribution in [0.15, 0.2) is 30.4 Å². The molecule has 7 N–H and O–H groups in total. The topological polar surface area (TPSA) is 322 Å². The summed E-state index contributed by atoms with van der Waals surface area (Å²) in [5.74, 6) is -8.87. The standard InChI is InChI=1S/C62H111N11O12.C20H29NO/c1-25-27-28-40(15)52(75)51-56(79)65-43(26-2)58(81)67(18)33-48(74)68(19)44(29-34(3)4)55(78)66-49(38(11)12)61(84)69(20)45(30-35(5)6)54(77)63-41(16)53(76)64-42(17)57(80)70(21)46(31-36(7)8)59(82)71(22)47(32-37(9)10)60(83)72(23)50(39(13)14)62(85)73(51)24;1-13(2)14-6-8-16-15(12-14)7-9-17-19(16,3)10-5-11-20(17,4)18(21)22/h25,27,34-47,49-52,75H,26,28-33H2,1-24H3,(H,63,77)(H,64,76)(H,65,79)(H,66,78);6,8,12-13,17H,5,7,9-11H2,1-4H3,(H2,21,22). The van der Waals surface area contributed by atoms with Gasteiger partial charge >= 0.3 is 0 Å². The Hall–Kier alpha value is -7.44. The number of allylic oxidation sites excluding steroid dienone is 2. The molecule has 25 heteroatoms. The number of hydrogen-bond donors (Lipinski definition) is 6. The lowest BCUT2D eigenvalue weighted by molar-refractivity contribution is -0.157. The van der Waals surface area contributed by atoms with E-state index in [1.54, 1.807) is 54.5 Å². The molecule has 12 amide bonds. The third-order valence-corrected chi connectivity index (χ3v) is 22.7. The molecule has 0 spiro atoms. The van der Waals surface area contributed by atoms with Gasteiger partial charge in [-0.25, -0.2) is 0 Å². The molecule has 1 heterocycles. The summed E-state index contributed by atoms with van der Waals surface area (Å²) in [5.41, 5.74) is 9.97. The second-order valence-electron chi connectivity index (χ2n) is 34.3. The first kappa shape index (κ1) is 93.8. The van der Waals surface area contributed by atoms with Crippen LogP contribution in [0.5, 0.6) is 0 Å². The number of aliphatic hydroxyl groups excluding tert-OH is 1. The second-order valence-corrected chi connectivity index (χ2v) is 34.3. The van der Waals surface area contributed by atoms with Gasteiger partial charge in [-0.1, -0.05) is 161 Å². The molecule has 1 aromatic carbocycles. The minimum absolute atomic E-state index is 0.0229. The van der Waals surface area contributed by atoms with Gasteiger partial charge in [0.15, 0.2) is 0 Å². The molecule has 4 rings (SSSR count). The number of carbonyl (C=O) groups excluding carboxylic acids is 12. The van der Waals surface area contributed by atoms with Crippen LogP contribution in [0.1, 0.15) is 232 Å². The number of nitrogens with zero attached hydrogens (tertiary/aromatic N) is 7. The van der Waals surface area contributed by atoms with Crippen molar-refractivity contribution in [1.29, 1.82) is 0 Å². The van der Waals surface area contributed by atoms with Gasteiger partial charge in [0.25, 0.3) is 0 Å². The minimum Gasteiger partial charge on any atom is -0.390 e. The Balaban J connectivity index is 0.00000113. The molecule has 2 fully saturated rings. The van der Waals surface area contributed by atoms with Crippen molar-refractivity contribution in [2.24, 2.45) is 58.5 Å². The molecule has 25 nitrogen and oxygen atoms in total. The van der Waals surface area contributed by atoms with Crippen LogP contribution in [-0.2, 0) is 69.4 Å². The number of fused-ring (bicyclic) bond motifs is 3. The van der Waals surface area contributed by atoms with Gasteiger partial charge in [-0.2, -0.15) is 0 Å². The van der Waals surface area contributed by atoms with Crippen molar-refractivity contribution in [3.8, 4) is 0 Å². The predicted molar refractivity (Wildman–Crippen MR) is 419 cm³/mol. The molecule has 1 saturated carbocycles. The lowest BCUT2D eigenvalue weighted by Crippen LogP contribution is -2.63. The lowest BCUT2D eigenvalue weighted by Gasteiger charge is -2.54. The Morgan fingerprint density at radius 1 is 0.561 bits per heavy atom. The quantitative estimate of drug-likeness (QED) is 0.0821. The number of amides is 12. The van der Waals surface area contributed by atoms with E-state index >= 15 is 9.59 Å². The van der Waals surface area contributed by atoms with Crippen LogP contribution in [-0.4, -0.2) is 233 Å². The van der Waals surface area contributed by atoms with Gasteiger partial charge in [-0.3, -0.25) is 57.5 Å². The van der Waals surface area contributed by atoms with E-state index in [0.29, 0.717) is 18.3 Å². The van der Waals surface area contributed by atoms with Crippen molar-refractivity contribution in [2.75, 3.05) is 55.9 Å². The van der Waals surface area contributed by atoms with Crippen molar-refractivity contribution in [1.82, 2.24) is 55.6 Å². The molecule has 0 bridgehead atoms. The van der Waals surface area contributed by atoms with Crippen LogP contribution in [0.2, 0.25) is 0 Å². The highest BCUT2D eigenvalue weighted by Crippen LogP contribution is 2.57. The average molecular weight is 1500 g/mol. The monoisotopic (exact) mass is 1500 g/mol. The highest BCUT2D eigenvalue weighted by Gasteiger charge is 2.55. The number of carbonyl (C=O) groups is 12. The lowest BCUT2D eigenvalue weighted by atomic mass is 9.49. The number of hydrogen-bond acceptors (Lipinski definition) is 13. The van der Waals surface area contributed by atoms with Crippen LogP contribution in [0, 0.1) is 52.8 Å². The molecule has 107 heavy (non-hydrogen) atoms. The SMILES string of the molecule is CC(C)c1ccc2c(c1)CCC1C(C)(C(N)=O)CCCC21C.CC=CCC(C)C(O)C1C(=O)NC(CC)C(=O)N(C)CC(=O)N(C)C(CC(C)C)C(=O)NC(C(C)C)C(=O)N(C)C(CC(C)C)C(=O)NC(C)C(=O)NC(C)C(=O)N(C)C(CC(C)C)C(=O)N(C)C(CC(C)C)C(=O)N(C)C(C(C)C)C(=O)N1C. The fraction of sp³-hybridized carbons (Fsp3) is 0.756. The molecule has 0 radical (unpaired) electrons. The van der Waals surface area contributed by atoms with Crippen molar-refractivity contribution >= 4 is 70.9 Å². The van der Waals surface area contributed by atoms with Crippen molar-refractivity contribution < 1.29 is 62.6 Å². The van der Waals surface area contributed by atoms with Crippen molar-refractivity contribution in [3.63, 3.8) is 0 Å². The number of nitrogens with two attached hydrogens (primary N) is 1. The van der Waals surface area contributed by atoms with Crippen LogP contribution in [0.4, 0.5) is 0 Å². The molecule has 0 aromatic heterocycles. The van der Waals surface area contributed by atoms with Gasteiger partial charge in [0.2, 0.25) is 70.9 Å². The largest absolute Gasteiger partial charge is 0.390 e. The fourth-order valence-corrected chi connectivity index (χ4v) is 15.8. The summed E-state index contributed by atoms with van der Waals surface area (Å²) in [6.07, 6.45) is 8.43. The molecule has 15 unspecified atom stereocenters. The molecule has 2 aliphatic carbocycles. The molecular weight excluding hydrogens is 1360 g/mol. The number of aliphatic hydroxyl groups is 1. The molecule has 15 atom stereocenters. The molecule has 3 aliphatic rings. The van der Waals surface area contributed by atoms with Crippen LogP contribution in [0.3, 0.4) is 0 Å². The maximum Gasteiger partial charge on any atom is 0.246 e. The molecule has 1 aromatic rings. The van der Waals surface area contributed by atoms with Gasteiger partial charge in [-0.05, 0) is 160 Å². The number of aryl methyl sites for hydroxylation is 1. The number of rotatable bonds is 17. The van der Waals surface area contributed by atoms with Crippen molar-refractivity contribution in [2.45, 2.75) is 294 Å². The third kappa shape index (κ3) is 23.8. The van der Waals surface area contributed by atoms with E-state index < -0.39 is 156 Å². The first-order valence-corrected chi connectivity index (χ1v) is 39.3. The average Bonchev–Trinajstić information content (AvgIpc) is 0.723. The van der Waals surface area contributed by atoms with Crippen LogP contribution in [0.25, 0.3) is 0 Å². The first-order valence-electron chi connectivity index (χ1n) is 39.3. The summed E-state index contributed by atoms with van der Waals surface area (Å²) in [6, 6.07) is -5.30. The maximum atomic E-state index is 15.1. The Labute approximate surface area is 641 Å².